The Kier molecular flexibility index (Phi) is 8.18. The third-order valence-corrected chi connectivity index (χ3v) is 5.07. The molecule has 0 aliphatic heterocycles. The van der Waals surface area contributed by atoms with Crippen LogP contribution in [0.4, 0.5) is 0 Å². The average Bonchev–Trinajstić information content (AvgIpc) is 3.02. The summed E-state index contributed by atoms with van der Waals surface area (Å²) in [5, 5.41) is 9.51. The average molecular weight is 466 g/mol. The summed E-state index contributed by atoms with van der Waals surface area (Å²) in [4.78, 5) is 11.6. The molecule has 148 valence electrons. The molecule has 3 rings (SSSR count). The Bertz CT molecular complexity index is 1030. The van der Waals surface area contributed by atoms with Crippen LogP contribution in [0.1, 0.15) is 35.5 Å². The molecule has 0 bridgehead atoms. The Hall–Kier alpha value is -1.53. The van der Waals surface area contributed by atoms with Crippen LogP contribution in [-0.2, 0) is 0 Å². The minimum absolute atomic E-state index is 0. The number of carboxylic acids is 1. The van der Waals surface area contributed by atoms with Gasteiger partial charge in [0.15, 0.2) is 0 Å². The number of nitrogens with zero attached hydrogens (tertiary/aromatic N) is 1. The van der Waals surface area contributed by atoms with Crippen molar-refractivity contribution in [1.82, 2.24) is 4.57 Å². The van der Waals surface area contributed by atoms with Gasteiger partial charge in [0.2, 0.25) is 0 Å². The summed E-state index contributed by atoms with van der Waals surface area (Å²) in [5.41, 5.74) is 4.80. The number of carbonyl (C=O) groups is 1. The Morgan fingerprint density at radius 3 is 2.48 bits per heavy atom. The van der Waals surface area contributed by atoms with Gasteiger partial charge < -0.3 is 14.4 Å². The molecule has 0 saturated heterocycles. The fraction of sp³-hybridized carbons (Fsp3) is 0.261. The first-order valence-electron chi connectivity index (χ1n) is 9.23. The molecule has 1 aromatic heterocycles. The van der Waals surface area contributed by atoms with E-state index in [1.165, 1.54) is 0 Å². The first kappa shape index (κ1) is 23.7. The summed E-state index contributed by atoms with van der Waals surface area (Å²) in [6.07, 6.45) is 0. The van der Waals surface area contributed by atoms with E-state index in [4.69, 9.17) is 4.74 Å². The van der Waals surface area contributed by atoms with E-state index in [1.807, 2.05) is 56.3 Å². The second-order valence-electron chi connectivity index (χ2n) is 7.35. The van der Waals surface area contributed by atoms with Crippen molar-refractivity contribution in [2.24, 2.45) is 5.92 Å². The molecule has 0 radical (unpaired) electrons. The molecule has 0 unspecified atom stereocenters. The summed E-state index contributed by atoms with van der Waals surface area (Å²) in [7, 11) is 0. The van der Waals surface area contributed by atoms with Crippen molar-refractivity contribution in [3.8, 4) is 22.7 Å². The molecule has 0 aliphatic rings. The normalized spacial score (nSPS) is 10.7. The number of hydrogen-bond donors (Lipinski definition) is 1. The van der Waals surface area contributed by atoms with E-state index < -0.39 is 5.97 Å². The Balaban J connectivity index is 0.00000300. The third kappa shape index (κ3) is 5.34. The van der Waals surface area contributed by atoms with Gasteiger partial charge in [0.1, 0.15) is 5.75 Å². The van der Waals surface area contributed by atoms with Crippen molar-refractivity contribution >= 4 is 51.5 Å². The van der Waals surface area contributed by atoms with Gasteiger partial charge in [-0.15, -0.1) is 0 Å². The van der Waals surface area contributed by atoms with Gasteiger partial charge in [-0.05, 0) is 67.8 Å². The van der Waals surface area contributed by atoms with E-state index in [2.05, 4.69) is 34.3 Å². The molecule has 1 heterocycles. The van der Waals surface area contributed by atoms with Gasteiger partial charge in [0, 0.05) is 21.4 Å². The monoisotopic (exact) mass is 465 g/mol. The fourth-order valence-electron chi connectivity index (χ4n) is 3.16. The molecule has 0 saturated carbocycles. The SMILES string of the molecule is Cc1ccc(-n2c(C)ccc2-c2cc(Br)ccc2OCC(C)C)cc1C(=O)O.[NaH]. The van der Waals surface area contributed by atoms with E-state index >= 15 is 0 Å². The van der Waals surface area contributed by atoms with Crippen molar-refractivity contribution in [3.05, 3.63) is 69.8 Å². The van der Waals surface area contributed by atoms with Gasteiger partial charge in [0.25, 0.3) is 0 Å². The maximum atomic E-state index is 11.6. The number of aryl methyl sites for hydroxylation is 2. The standard InChI is InChI=1S/C23H24BrNO3.Na.H/c1-14(2)13-28-22-10-7-17(24)11-20(22)21-9-6-16(4)25(21)18-8-5-15(3)19(12-18)23(26)27;;/h5-12,14H,13H2,1-4H3,(H,26,27);;. The summed E-state index contributed by atoms with van der Waals surface area (Å²) in [6, 6.07) is 15.6. The van der Waals surface area contributed by atoms with Gasteiger partial charge in [-0.1, -0.05) is 35.8 Å². The second kappa shape index (κ2) is 9.98. The zero-order valence-electron chi connectivity index (χ0n) is 16.5. The number of benzene rings is 2. The van der Waals surface area contributed by atoms with Gasteiger partial charge >= 0.3 is 35.5 Å². The second-order valence-corrected chi connectivity index (χ2v) is 8.26. The Labute approximate surface area is 202 Å². The van der Waals surface area contributed by atoms with Crippen LogP contribution in [-0.4, -0.2) is 51.8 Å². The number of aromatic carboxylic acids is 1. The van der Waals surface area contributed by atoms with Crippen LogP contribution in [0.2, 0.25) is 0 Å². The Morgan fingerprint density at radius 1 is 1.10 bits per heavy atom. The van der Waals surface area contributed by atoms with Crippen molar-refractivity contribution in [1.29, 1.82) is 0 Å². The molecule has 0 spiro atoms. The molecule has 6 heteroatoms. The van der Waals surface area contributed by atoms with Crippen LogP contribution >= 0.6 is 15.9 Å². The molecule has 0 aliphatic carbocycles. The molecule has 0 atom stereocenters. The number of ether oxygens (including phenoxy) is 1. The van der Waals surface area contributed by atoms with Crippen LogP contribution < -0.4 is 4.74 Å². The third-order valence-electron chi connectivity index (χ3n) is 4.58. The molecule has 0 fully saturated rings. The van der Waals surface area contributed by atoms with Crippen LogP contribution in [0.15, 0.2) is 53.0 Å². The topological polar surface area (TPSA) is 51.5 Å². The summed E-state index contributed by atoms with van der Waals surface area (Å²) in [6.45, 7) is 8.68. The predicted molar refractivity (Wildman–Crippen MR) is 123 cm³/mol. The van der Waals surface area contributed by atoms with Crippen LogP contribution in [0.3, 0.4) is 0 Å². The molecule has 1 N–H and O–H groups in total. The number of rotatable bonds is 6. The minimum atomic E-state index is -0.922. The van der Waals surface area contributed by atoms with Gasteiger partial charge in [-0.25, -0.2) is 4.79 Å². The van der Waals surface area contributed by atoms with Crippen molar-refractivity contribution in [2.45, 2.75) is 27.7 Å². The first-order valence-corrected chi connectivity index (χ1v) is 10.0. The predicted octanol–water partition coefficient (Wildman–Crippen LogP) is 5.61. The zero-order chi connectivity index (χ0) is 20.4. The van der Waals surface area contributed by atoms with E-state index in [-0.39, 0.29) is 29.6 Å². The summed E-state index contributed by atoms with van der Waals surface area (Å²) >= 11 is 3.56. The van der Waals surface area contributed by atoms with E-state index in [0.29, 0.717) is 18.1 Å². The maximum absolute atomic E-state index is 11.6. The summed E-state index contributed by atoms with van der Waals surface area (Å²) < 4.78 is 9.08. The van der Waals surface area contributed by atoms with Crippen LogP contribution in [0.5, 0.6) is 5.75 Å². The van der Waals surface area contributed by atoms with Crippen molar-refractivity contribution in [3.63, 3.8) is 0 Å². The molecule has 3 aromatic rings. The number of hydrogen-bond acceptors (Lipinski definition) is 2. The fourth-order valence-corrected chi connectivity index (χ4v) is 3.52. The van der Waals surface area contributed by atoms with Gasteiger partial charge in [-0.2, -0.15) is 0 Å². The van der Waals surface area contributed by atoms with Crippen molar-refractivity contribution in [2.75, 3.05) is 6.61 Å². The number of halogens is 1. The van der Waals surface area contributed by atoms with E-state index in [1.54, 1.807) is 6.07 Å². The molecule has 29 heavy (non-hydrogen) atoms. The molecular formula is C23H25BrNNaO3. The first-order chi connectivity index (χ1) is 13.3. The molecule has 4 nitrogen and oxygen atoms in total. The van der Waals surface area contributed by atoms with E-state index in [0.717, 1.165) is 38.4 Å². The quantitative estimate of drug-likeness (QED) is 0.481. The zero-order valence-corrected chi connectivity index (χ0v) is 18.1. The number of carboxylic acid groups (broad SMARTS) is 1. The Morgan fingerprint density at radius 2 is 1.83 bits per heavy atom. The van der Waals surface area contributed by atoms with E-state index in [9.17, 15) is 9.90 Å². The van der Waals surface area contributed by atoms with Crippen LogP contribution in [0.25, 0.3) is 16.9 Å². The van der Waals surface area contributed by atoms with Crippen LogP contribution in [0, 0.1) is 19.8 Å². The molecule has 0 amide bonds. The molecular weight excluding hydrogens is 441 g/mol. The van der Waals surface area contributed by atoms with Gasteiger partial charge in [-0.3, -0.25) is 0 Å². The van der Waals surface area contributed by atoms with Gasteiger partial charge in [0.05, 0.1) is 17.9 Å². The summed E-state index contributed by atoms with van der Waals surface area (Å²) in [5.74, 6) is 0.302. The molecule has 2 aromatic carbocycles. The number of aromatic nitrogens is 1. The van der Waals surface area contributed by atoms with Crippen molar-refractivity contribution < 1.29 is 14.6 Å².